The van der Waals surface area contributed by atoms with E-state index in [2.05, 4.69) is 10.3 Å². The zero-order valence-corrected chi connectivity index (χ0v) is 12.3. The summed E-state index contributed by atoms with van der Waals surface area (Å²) in [7, 11) is 0. The Morgan fingerprint density at radius 1 is 1.45 bits per heavy atom. The molecule has 0 fully saturated rings. The number of carbonyl (C=O) groups is 1. The number of aromatic nitrogens is 3. The zero-order valence-electron chi connectivity index (χ0n) is 11.6. The summed E-state index contributed by atoms with van der Waals surface area (Å²) in [4.78, 5) is 11.3. The predicted octanol–water partition coefficient (Wildman–Crippen LogP) is 3.13. The molecule has 20 heavy (non-hydrogen) atoms. The van der Waals surface area contributed by atoms with E-state index in [-0.39, 0.29) is 5.69 Å². The SMILES string of the molecule is Cc1ccc(Cl)cc1-n1nnc(C(=O)O)c1CC(C)C. The van der Waals surface area contributed by atoms with Crippen LogP contribution in [0.2, 0.25) is 5.02 Å². The van der Waals surface area contributed by atoms with Crippen LogP contribution in [0.4, 0.5) is 0 Å². The number of carboxylic acid groups (broad SMARTS) is 1. The molecular weight excluding hydrogens is 278 g/mol. The number of aryl methyl sites for hydroxylation is 1. The number of hydrogen-bond acceptors (Lipinski definition) is 3. The molecule has 2 aromatic rings. The number of nitrogens with zero attached hydrogens (tertiary/aromatic N) is 3. The van der Waals surface area contributed by atoms with Crippen LogP contribution >= 0.6 is 11.6 Å². The van der Waals surface area contributed by atoms with Crippen molar-refractivity contribution < 1.29 is 9.90 Å². The first-order chi connectivity index (χ1) is 9.40. The highest BCUT2D eigenvalue weighted by atomic mass is 35.5. The molecule has 1 heterocycles. The Morgan fingerprint density at radius 3 is 2.75 bits per heavy atom. The summed E-state index contributed by atoms with van der Waals surface area (Å²) >= 11 is 6.02. The molecule has 0 aliphatic rings. The molecule has 0 saturated carbocycles. The minimum atomic E-state index is -1.06. The van der Waals surface area contributed by atoms with Gasteiger partial charge in [0.25, 0.3) is 0 Å². The third-order valence-electron chi connectivity index (χ3n) is 2.97. The molecule has 0 spiro atoms. The first kappa shape index (κ1) is 14.5. The third kappa shape index (κ3) is 2.82. The van der Waals surface area contributed by atoms with Gasteiger partial charge < -0.3 is 5.11 Å². The monoisotopic (exact) mass is 293 g/mol. The second-order valence-corrected chi connectivity index (χ2v) is 5.57. The Morgan fingerprint density at radius 2 is 2.15 bits per heavy atom. The zero-order chi connectivity index (χ0) is 14.9. The van der Waals surface area contributed by atoms with Crippen molar-refractivity contribution in [3.05, 3.63) is 40.2 Å². The van der Waals surface area contributed by atoms with Crippen molar-refractivity contribution in [2.45, 2.75) is 27.2 Å². The van der Waals surface area contributed by atoms with E-state index in [9.17, 15) is 9.90 Å². The second-order valence-electron chi connectivity index (χ2n) is 5.13. The van der Waals surface area contributed by atoms with Crippen molar-refractivity contribution in [1.82, 2.24) is 15.0 Å². The fourth-order valence-corrected chi connectivity index (χ4v) is 2.21. The number of aromatic carboxylic acids is 1. The largest absolute Gasteiger partial charge is 0.476 e. The lowest BCUT2D eigenvalue weighted by atomic mass is 10.1. The van der Waals surface area contributed by atoms with Crippen molar-refractivity contribution >= 4 is 17.6 Å². The maximum atomic E-state index is 11.3. The highest BCUT2D eigenvalue weighted by Crippen LogP contribution is 2.22. The summed E-state index contributed by atoms with van der Waals surface area (Å²) in [5.41, 5.74) is 2.31. The quantitative estimate of drug-likeness (QED) is 0.940. The molecule has 1 N–H and O–H groups in total. The molecule has 5 nitrogen and oxygen atoms in total. The Kier molecular flexibility index (Phi) is 4.09. The Bertz CT molecular complexity index is 650. The van der Waals surface area contributed by atoms with Gasteiger partial charge in [-0.1, -0.05) is 36.7 Å². The predicted molar refractivity (Wildman–Crippen MR) is 76.6 cm³/mol. The highest BCUT2D eigenvalue weighted by molar-refractivity contribution is 6.30. The van der Waals surface area contributed by atoms with E-state index in [1.807, 2.05) is 26.8 Å². The number of benzene rings is 1. The summed E-state index contributed by atoms with van der Waals surface area (Å²) in [6, 6.07) is 5.43. The van der Waals surface area contributed by atoms with E-state index < -0.39 is 5.97 Å². The summed E-state index contributed by atoms with van der Waals surface area (Å²) in [5, 5.41) is 17.6. The standard InChI is InChI=1S/C14H16ClN3O2/c1-8(2)6-12-13(14(19)20)16-17-18(12)11-7-10(15)5-4-9(11)3/h4-5,7-8H,6H2,1-3H3,(H,19,20). The lowest BCUT2D eigenvalue weighted by Gasteiger charge is -2.11. The van der Waals surface area contributed by atoms with Crippen LogP contribution in [0.1, 0.15) is 35.6 Å². The number of halogens is 1. The molecule has 0 aliphatic carbocycles. The first-order valence-corrected chi connectivity index (χ1v) is 6.72. The van der Waals surface area contributed by atoms with Gasteiger partial charge >= 0.3 is 5.97 Å². The molecule has 0 atom stereocenters. The lowest BCUT2D eigenvalue weighted by molar-refractivity contribution is 0.0689. The smallest absolute Gasteiger partial charge is 0.358 e. The minimum Gasteiger partial charge on any atom is -0.476 e. The summed E-state index contributed by atoms with van der Waals surface area (Å²) in [6.07, 6.45) is 0.584. The highest BCUT2D eigenvalue weighted by Gasteiger charge is 2.21. The van der Waals surface area contributed by atoms with Crippen molar-refractivity contribution in [2.75, 3.05) is 0 Å². The molecule has 106 valence electrons. The van der Waals surface area contributed by atoms with Crippen LogP contribution in [0.25, 0.3) is 5.69 Å². The maximum Gasteiger partial charge on any atom is 0.358 e. The van der Waals surface area contributed by atoms with Gasteiger partial charge in [0.1, 0.15) is 0 Å². The third-order valence-corrected chi connectivity index (χ3v) is 3.20. The van der Waals surface area contributed by atoms with Crippen LogP contribution in [0.3, 0.4) is 0 Å². The Hall–Kier alpha value is -1.88. The van der Waals surface area contributed by atoms with Crippen molar-refractivity contribution in [2.24, 2.45) is 5.92 Å². The molecule has 2 rings (SSSR count). The number of hydrogen-bond donors (Lipinski definition) is 1. The molecule has 1 aromatic carbocycles. The van der Waals surface area contributed by atoms with Gasteiger partial charge in [-0.3, -0.25) is 0 Å². The van der Waals surface area contributed by atoms with Gasteiger partial charge in [0.15, 0.2) is 5.69 Å². The van der Waals surface area contributed by atoms with E-state index in [0.29, 0.717) is 23.1 Å². The summed E-state index contributed by atoms with van der Waals surface area (Å²) in [6.45, 7) is 5.97. The maximum absolute atomic E-state index is 11.3. The first-order valence-electron chi connectivity index (χ1n) is 6.34. The molecule has 0 amide bonds. The molecule has 6 heteroatoms. The number of rotatable bonds is 4. The van der Waals surface area contributed by atoms with Crippen molar-refractivity contribution in [1.29, 1.82) is 0 Å². The van der Waals surface area contributed by atoms with Crippen LogP contribution in [-0.4, -0.2) is 26.1 Å². The molecule has 0 radical (unpaired) electrons. The van der Waals surface area contributed by atoms with Crippen LogP contribution in [0, 0.1) is 12.8 Å². The van der Waals surface area contributed by atoms with E-state index in [4.69, 9.17) is 11.6 Å². The van der Waals surface area contributed by atoms with E-state index in [0.717, 1.165) is 11.3 Å². The Balaban J connectivity index is 2.61. The second kappa shape index (κ2) is 5.63. The topological polar surface area (TPSA) is 68.0 Å². The molecule has 0 bridgehead atoms. The molecule has 1 aromatic heterocycles. The van der Waals surface area contributed by atoms with Gasteiger partial charge in [0.2, 0.25) is 0 Å². The van der Waals surface area contributed by atoms with Crippen LogP contribution in [-0.2, 0) is 6.42 Å². The van der Waals surface area contributed by atoms with Crippen molar-refractivity contribution in [3.8, 4) is 5.69 Å². The van der Waals surface area contributed by atoms with Crippen molar-refractivity contribution in [3.63, 3.8) is 0 Å². The van der Waals surface area contributed by atoms with Gasteiger partial charge in [-0.05, 0) is 37.0 Å². The van der Waals surface area contributed by atoms with Gasteiger partial charge in [-0.2, -0.15) is 0 Å². The minimum absolute atomic E-state index is 0.00178. The summed E-state index contributed by atoms with van der Waals surface area (Å²) in [5.74, 6) is -0.767. The summed E-state index contributed by atoms with van der Waals surface area (Å²) < 4.78 is 1.57. The Labute approximate surface area is 122 Å². The van der Waals surface area contributed by atoms with Crippen LogP contribution < -0.4 is 0 Å². The van der Waals surface area contributed by atoms with E-state index in [1.54, 1.807) is 16.8 Å². The normalized spacial score (nSPS) is 11.1. The number of carboxylic acids is 1. The van der Waals surface area contributed by atoms with Gasteiger partial charge in [-0.25, -0.2) is 9.48 Å². The molecule has 0 unspecified atom stereocenters. The lowest BCUT2D eigenvalue weighted by Crippen LogP contribution is -2.10. The van der Waals surface area contributed by atoms with Gasteiger partial charge in [-0.15, -0.1) is 5.10 Å². The average Bonchev–Trinajstić information content (AvgIpc) is 2.75. The molecule has 0 aliphatic heterocycles. The van der Waals surface area contributed by atoms with E-state index in [1.165, 1.54) is 0 Å². The average molecular weight is 294 g/mol. The fourth-order valence-electron chi connectivity index (χ4n) is 2.04. The van der Waals surface area contributed by atoms with Gasteiger partial charge in [0.05, 0.1) is 11.4 Å². The van der Waals surface area contributed by atoms with Crippen LogP contribution in [0.5, 0.6) is 0 Å². The molecular formula is C14H16ClN3O2. The van der Waals surface area contributed by atoms with E-state index >= 15 is 0 Å². The van der Waals surface area contributed by atoms with Gasteiger partial charge in [0, 0.05) is 5.02 Å². The van der Waals surface area contributed by atoms with Crippen LogP contribution in [0.15, 0.2) is 18.2 Å². The fraction of sp³-hybridized carbons (Fsp3) is 0.357. The molecule has 0 saturated heterocycles.